The van der Waals surface area contributed by atoms with Gasteiger partial charge >= 0.3 is 5.97 Å². The number of nitrogens with one attached hydrogen (secondary N) is 1. The molecule has 0 saturated heterocycles. The van der Waals surface area contributed by atoms with Crippen LogP contribution < -0.4 is 10.2 Å². The van der Waals surface area contributed by atoms with E-state index in [0.717, 1.165) is 4.90 Å². The molecule has 0 saturated carbocycles. The first-order valence-corrected chi connectivity index (χ1v) is 22.2. The van der Waals surface area contributed by atoms with Crippen molar-refractivity contribution in [1.29, 1.82) is 0 Å². The number of carboxylic acids is 1. The van der Waals surface area contributed by atoms with Crippen LogP contribution in [-0.4, -0.2) is 224 Å². The molecule has 0 aliphatic carbocycles. The van der Waals surface area contributed by atoms with Crippen LogP contribution in [0.2, 0.25) is 0 Å². The van der Waals surface area contributed by atoms with Crippen molar-refractivity contribution in [2.45, 2.75) is 12.8 Å². The molecule has 0 aromatic heterocycles. The highest BCUT2D eigenvalue weighted by molar-refractivity contribution is 6.28. The fraction of sp³-hybridized carbons (Fsp3) is 0.698. The number of rotatable bonds is 47. The molecule has 0 atom stereocenters. The molecule has 0 fully saturated rings. The van der Waals surface area contributed by atoms with Crippen molar-refractivity contribution < 1.29 is 85.9 Å². The number of hydrogen-bond donors (Lipinski definition) is 2. The lowest BCUT2D eigenvalue weighted by atomic mass is 10.1. The summed E-state index contributed by atoms with van der Waals surface area (Å²) in [6.45, 7) is 9.71. The number of aliphatic carboxylic acids is 1. The van der Waals surface area contributed by atoms with Gasteiger partial charge in [0.25, 0.3) is 11.8 Å². The molecule has 0 bridgehead atoms. The third-order valence-corrected chi connectivity index (χ3v) is 8.70. The SMILES string of the molecule is [N-]=[N+]=NCCN(CC(=O)NCCOCCOCCOCCOCCOCCOCCOCCOCCOCCOCCOCCOCCC(=O)O)C(=O)Cc1ccc(N2C(=O)C=CC2=O)cc1. The Morgan fingerprint density at radius 3 is 1.28 bits per heavy atom. The molecule has 1 aromatic carbocycles. The van der Waals surface area contributed by atoms with Crippen LogP contribution in [0.4, 0.5) is 5.69 Å². The molecule has 2 rings (SSSR count). The number of nitrogens with zero attached hydrogens (tertiary/aromatic N) is 5. The maximum Gasteiger partial charge on any atom is 0.305 e. The van der Waals surface area contributed by atoms with Gasteiger partial charge < -0.3 is 72.2 Å². The average Bonchev–Trinajstić information content (AvgIpc) is 3.66. The van der Waals surface area contributed by atoms with E-state index in [9.17, 15) is 24.0 Å². The Bertz CT molecular complexity index is 1550. The summed E-state index contributed by atoms with van der Waals surface area (Å²) in [6, 6.07) is 6.39. The summed E-state index contributed by atoms with van der Waals surface area (Å²) in [7, 11) is 0. The van der Waals surface area contributed by atoms with Gasteiger partial charge in [0.05, 0.1) is 184 Å². The van der Waals surface area contributed by atoms with Gasteiger partial charge in [0.15, 0.2) is 0 Å². The van der Waals surface area contributed by atoms with Crippen molar-refractivity contribution in [2.24, 2.45) is 5.11 Å². The van der Waals surface area contributed by atoms with E-state index >= 15 is 0 Å². The maximum absolute atomic E-state index is 13.0. The first kappa shape index (κ1) is 58.5. The second kappa shape index (κ2) is 41.5. The van der Waals surface area contributed by atoms with Crippen LogP contribution in [0.1, 0.15) is 12.0 Å². The van der Waals surface area contributed by atoms with Gasteiger partial charge in [-0.2, -0.15) is 0 Å². The van der Waals surface area contributed by atoms with Crippen LogP contribution in [0.5, 0.6) is 0 Å². The van der Waals surface area contributed by atoms with E-state index in [0.29, 0.717) is 157 Å². The molecule has 2 N–H and O–H groups in total. The second-order valence-corrected chi connectivity index (χ2v) is 13.8. The van der Waals surface area contributed by atoms with Crippen molar-refractivity contribution in [3.05, 3.63) is 52.4 Å². The zero-order valence-electron chi connectivity index (χ0n) is 38.3. The summed E-state index contributed by atoms with van der Waals surface area (Å²) in [4.78, 5) is 64.8. The number of hydrogen-bond acceptors (Lipinski definition) is 18. The lowest BCUT2D eigenvalue weighted by Gasteiger charge is -2.22. The zero-order chi connectivity index (χ0) is 48.3. The zero-order valence-corrected chi connectivity index (χ0v) is 38.3. The van der Waals surface area contributed by atoms with Crippen LogP contribution in [0.25, 0.3) is 10.4 Å². The Balaban J connectivity index is 1.28. The summed E-state index contributed by atoms with van der Waals surface area (Å²) in [6.07, 6.45) is 2.31. The summed E-state index contributed by atoms with van der Waals surface area (Å²) < 4.78 is 65.1. The first-order valence-electron chi connectivity index (χ1n) is 22.2. The van der Waals surface area contributed by atoms with Crippen molar-refractivity contribution >= 4 is 35.3 Å². The number of benzene rings is 1. The van der Waals surface area contributed by atoms with Gasteiger partial charge in [0.2, 0.25) is 11.8 Å². The smallest absolute Gasteiger partial charge is 0.305 e. The standard InChI is InChI=1S/C43H68N6O18/c44-47-46-8-10-48(42(53)35-37-1-3-38(4-2-37)49-40(51)5-6-41(49)52)36-39(50)45-9-12-57-14-16-59-18-20-61-22-24-63-26-28-65-30-32-67-34-33-66-31-29-64-27-25-62-23-21-60-19-17-58-15-13-56-11-7-43(54)55/h1-6H,7-36H2,(H,45,50)(H,54,55). The number of amides is 4. The lowest BCUT2D eigenvalue weighted by Crippen LogP contribution is -2.43. The molecule has 1 aliphatic rings. The van der Waals surface area contributed by atoms with Crippen molar-refractivity contribution in [3.63, 3.8) is 0 Å². The van der Waals surface area contributed by atoms with E-state index < -0.39 is 23.7 Å². The first-order chi connectivity index (χ1) is 32.8. The predicted octanol–water partition coefficient (Wildman–Crippen LogP) is 0.588. The molecule has 1 aromatic rings. The number of carbonyl (C=O) groups is 5. The second-order valence-electron chi connectivity index (χ2n) is 13.8. The topological polar surface area (TPSA) is 284 Å². The Hall–Kier alpha value is -4.66. The minimum Gasteiger partial charge on any atom is -0.481 e. The molecule has 1 aliphatic heterocycles. The molecule has 1 heterocycles. The van der Waals surface area contributed by atoms with Crippen molar-refractivity contribution in [3.8, 4) is 0 Å². The highest BCUT2D eigenvalue weighted by Crippen LogP contribution is 2.20. The summed E-state index contributed by atoms with van der Waals surface area (Å²) in [5.41, 5.74) is 9.64. The van der Waals surface area contributed by atoms with Gasteiger partial charge in [-0.1, -0.05) is 17.2 Å². The Kier molecular flexibility index (Phi) is 36.2. The highest BCUT2D eigenvalue weighted by atomic mass is 16.6. The van der Waals surface area contributed by atoms with E-state index in [1.165, 1.54) is 17.1 Å². The molecular weight excluding hydrogens is 888 g/mol. The van der Waals surface area contributed by atoms with Crippen molar-refractivity contribution in [1.82, 2.24) is 10.2 Å². The van der Waals surface area contributed by atoms with Crippen LogP contribution in [0.3, 0.4) is 0 Å². The number of anilines is 1. The van der Waals surface area contributed by atoms with Gasteiger partial charge in [0, 0.05) is 36.7 Å². The molecule has 24 heteroatoms. The van der Waals surface area contributed by atoms with Gasteiger partial charge in [-0.05, 0) is 23.2 Å². The highest BCUT2D eigenvalue weighted by Gasteiger charge is 2.25. The normalized spacial score (nSPS) is 12.2. The lowest BCUT2D eigenvalue weighted by molar-refractivity contribution is -0.138. The molecule has 0 spiro atoms. The van der Waals surface area contributed by atoms with Gasteiger partial charge in [-0.15, -0.1) is 0 Å². The van der Waals surface area contributed by atoms with E-state index in [2.05, 4.69) is 15.3 Å². The monoisotopic (exact) mass is 956 g/mol. The van der Waals surface area contributed by atoms with Crippen LogP contribution in [0.15, 0.2) is 41.5 Å². The number of ether oxygens (including phenoxy) is 12. The average molecular weight is 957 g/mol. The Labute approximate surface area is 390 Å². The van der Waals surface area contributed by atoms with E-state index in [1.807, 2.05) is 0 Å². The minimum atomic E-state index is -0.887. The molecule has 67 heavy (non-hydrogen) atoms. The molecule has 0 unspecified atom stereocenters. The predicted molar refractivity (Wildman–Crippen MR) is 237 cm³/mol. The molecule has 378 valence electrons. The maximum atomic E-state index is 13.0. The minimum absolute atomic E-state index is 0.00717. The number of carboxylic acid groups (broad SMARTS) is 1. The Morgan fingerprint density at radius 2 is 0.925 bits per heavy atom. The summed E-state index contributed by atoms with van der Waals surface area (Å²) in [5, 5.41) is 14.7. The van der Waals surface area contributed by atoms with Crippen LogP contribution in [-0.2, 0) is 87.2 Å². The third kappa shape index (κ3) is 32.6. The largest absolute Gasteiger partial charge is 0.481 e. The molecule has 0 radical (unpaired) electrons. The van der Waals surface area contributed by atoms with E-state index in [4.69, 9.17) is 67.5 Å². The number of carbonyl (C=O) groups excluding carboxylic acids is 4. The van der Waals surface area contributed by atoms with Crippen LogP contribution in [0, 0.1) is 0 Å². The van der Waals surface area contributed by atoms with Crippen molar-refractivity contribution in [2.75, 3.05) is 190 Å². The number of imide groups is 1. The fourth-order valence-electron chi connectivity index (χ4n) is 5.38. The summed E-state index contributed by atoms with van der Waals surface area (Å²) in [5.74, 6) is -2.55. The fourth-order valence-corrected chi connectivity index (χ4v) is 5.38. The van der Waals surface area contributed by atoms with Gasteiger partial charge in [0.1, 0.15) is 0 Å². The third-order valence-electron chi connectivity index (χ3n) is 8.70. The quantitative estimate of drug-likeness (QED) is 0.0297. The molecular formula is C43H68N6O18. The molecule has 4 amide bonds. The Morgan fingerprint density at radius 1 is 0.567 bits per heavy atom. The summed E-state index contributed by atoms with van der Waals surface area (Å²) >= 11 is 0. The molecule has 24 nitrogen and oxygen atoms in total. The number of azide groups is 1. The van der Waals surface area contributed by atoms with Gasteiger partial charge in [-0.25, -0.2) is 4.90 Å². The van der Waals surface area contributed by atoms with E-state index in [1.54, 1.807) is 24.3 Å². The van der Waals surface area contributed by atoms with E-state index in [-0.39, 0.29) is 58.1 Å². The van der Waals surface area contributed by atoms with Crippen LogP contribution >= 0.6 is 0 Å². The van der Waals surface area contributed by atoms with Gasteiger partial charge in [-0.3, -0.25) is 24.0 Å².